The van der Waals surface area contributed by atoms with E-state index in [1.54, 1.807) is 6.20 Å². The number of allylic oxidation sites excluding steroid dienone is 1. The Bertz CT molecular complexity index is 575. The highest BCUT2D eigenvalue weighted by atomic mass is 16.2. The smallest absolute Gasteiger partial charge is 0.316 e. The van der Waals surface area contributed by atoms with Crippen molar-refractivity contribution < 1.29 is 4.79 Å². The van der Waals surface area contributed by atoms with Gasteiger partial charge in [-0.25, -0.2) is 4.79 Å². The maximum Gasteiger partial charge on any atom is 0.321 e. The standard InChI is InChI=1S/C19H22N2O/c1-16(2)13-20-19(22)21(14-17-9-5-3-6-10-17)15-18-11-7-4-8-12-18/h3-13H,14-15H2,1-2H3,(H,20,22). The van der Waals surface area contributed by atoms with E-state index >= 15 is 0 Å². The number of nitrogens with one attached hydrogen (secondary N) is 1. The first kappa shape index (κ1) is 15.8. The summed E-state index contributed by atoms with van der Waals surface area (Å²) in [5.74, 6) is 0. The Morgan fingerprint density at radius 1 is 0.909 bits per heavy atom. The summed E-state index contributed by atoms with van der Waals surface area (Å²) >= 11 is 0. The molecule has 2 rings (SSSR count). The molecule has 3 heteroatoms. The van der Waals surface area contributed by atoms with E-state index < -0.39 is 0 Å². The van der Waals surface area contributed by atoms with Gasteiger partial charge in [-0.1, -0.05) is 66.2 Å². The second-order valence-electron chi connectivity index (χ2n) is 5.50. The summed E-state index contributed by atoms with van der Waals surface area (Å²) in [4.78, 5) is 14.2. The lowest BCUT2D eigenvalue weighted by atomic mass is 10.2. The minimum atomic E-state index is -0.0890. The highest BCUT2D eigenvalue weighted by Gasteiger charge is 2.13. The molecule has 0 heterocycles. The van der Waals surface area contributed by atoms with Crippen LogP contribution >= 0.6 is 0 Å². The second-order valence-corrected chi connectivity index (χ2v) is 5.50. The molecule has 2 amide bonds. The number of nitrogens with zero attached hydrogens (tertiary/aromatic N) is 1. The van der Waals surface area contributed by atoms with Crippen LogP contribution in [0.4, 0.5) is 4.79 Å². The van der Waals surface area contributed by atoms with Crippen LogP contribution in [0.25, 0.3) is 0 Å². The SMILES string of the molecule is CC(C)=CNC(=O)N(Cc1ccccc1)Cc1ccccc1. The highest BCUT2D eigenvalue weighted by molar-refractivity contribution is 5.75. The van der Waals surface area contributed by atoms with E-state index in [0.29, 0.717) is 13.1 Å². The molecule has 0 aromatic heterocycles. The van der Waals surface area contributed by atoms with Crippen LogP contribution in [0, 0.1) is 0 Å². The van der Waals surface area contributed by atoms with Crippen molar-refractivity contribution in [1.82, 2.24) is 10.2 Å². The van der Waals surface area contributed by atoms with Gasteiger partial charge in [-0.05, 0) is 25.0 Å². The lowest BCUT2D eigenvalue weighted by Crippen LogP contribution is -2.36. The average Bonchev–Trinajstić information content (AvgIpc) is 2.54. The first-order valence-corrected chi connectivity index (χ1v) is 7.42. The van der Waals surface area contributed by atoms with Gasteiger partial charge >= 0.3 is 6.03 Å². The van der Waals surface area contributed by atoms with E-state index in [4.69, 9.17) is 0 Å². The van der Waals surface area contributed by atoms with Crippen LogP contribution in [-0.2, 0) is 13.1 Å². The van der Waals surface area contributed by atoms with E-state index in [-0.39, 0.29) is 6.03 Å². The quantitative estimate of drug-likeness (QED) is 0.875. The Balaban J connectivity index is 2.12. The van der Waals surface area contributed by atoms with Crippen LogP contribution in [0.15, 0.2) is 72.4 Å². The average molecular weight is 294 g/mol. The van der Waals surface area contributed by atoms with Crippen LogP contribution in [0.5, 0.6) is 0 Å². The summed E-state index contributed by atoms with van der Waals surface area (Å²) in [6.45, 7) is 5.08. The summed E-state index contributed by atoms with van der Waals surface area (Å²) in [6.07, 6.45) is 1.74. The highest BCUT2D eigenvalue weighted by Crippen LogP contribution is 2.10. The third-order valence-electron chi connectivity index (χ3n) is 3.20. The van der Waals surface area contributed by atoms with Crippen molar-refractivity contribution >= 4 is 6.03 Å². The van der Waals surface area contributed by atoms with Gasteiger partial charge < -0.3 is 10.2 Å². The number of rotatable bonds is 5. The zero-order valence-electron chi connectivity index (χ0n) is 13.1. The fourth-order valence-electron chi connectivity index (χ4n) is 2.10. The number of hydrogen-bond acceptors (Lipinski definition) is 1. The molecule has 0 radical (unpaired) electrons. The van der Waals surface area contributed by atoms with Crippen molar-refractivity contribution in [2.45, 2.75) is 26.9 Å². The minimum Gasteiger partial charge on any atom is -0.316 e. The van der Waals surface area contributed by atoms with Gasteiger partial charge in [0.2, 0.25) is 0 Å². The predicted molar refractivity (Wildman–Crippen MR) is 90.1 cm³/mol. The number of urea groups is 1. The van der Waals surface area contributed by atoms with Gasteiger partial charge in [0.25, 0.3) is 0 Å². The van der Waals surface area contributed by atoms with Crippen molar-refractivity contribution in [2.75, 3.05) is 0 Å². The van der Waals surface area contributed by atoms with Crippen molar-refractivity contribution in [3.63, 3.8) is 0 Å². The van der Waals surface area contributed by atoms with Gasteiger partial charge in [0.05, 0.1) is 0 Å². The first-order chi connectivity index (χ1) is 10.6. The van der Waals surface area contributed by atoms with E-state index in [9.17, 15) is 4.79 Å². The Morgan fingerprint density at radius 2 is 1.36 bits per heavy atom. The molecule has 2 aromatic rings. The van der Waals surface area contributed by atoms with Crippen LogP contribution in [0.1, 0.15) is 25.0 Å². The molecule has 0 spiro atoms. The zero-order chi connectivity index (χ0) is 15.8. The van der Waals surface area contributed by atoms with Gasteiger partial charge in [0, 0.05) is 19.3 Å². The molecule has 0 aliphatic heterocycles. The molecule has 114 valence electrons. The maximum atomic E-state index is 12.4. The zero-order valence-corrected chi connectivity index (χ0v) is 13.1. The monoisotopic (exact) mass is 294 g/mol. The molecule has 3 nitrogen and oxygen atoms in total. The van der Waals surface area contributed by atoms with Crippen LogP contribution in [0.3, 0.4) is 0 Å². The Labute approximate surface area is 132 Å². The van der Waals surface area contributed by atoms with Crippen molar-refractivity contribution in [3.8, 4) is 0 Å². The number of benzene rings is 2. The molecule has 0 aliphatic rings. The van der Waals surface area contributed by atoms with Crippen molar-refractivity contribution in [3.05, 3.63) is 83.6 Å². The molecule has 0 unspecified atom stereocenters. The van der Waals surface area contributed by atoms with Crippen LogP contribution in [0.2, 0.25) is 0 Å². The van der Waals surface area contributed by atoms with Gasteiger partial charge in [-0.15, -0.1) is 0 Å². The van der Waals surface area contributed by atoms with E-state index in [0.717, 1.165) is 16.7 Å². The molecule has 0 saturated heterocycles. The Morgan fingerprint density at radius 3 is 1.77 bits per heavy atom. The molecule has 2 aromatic carbocycles. The number of carbonyl (C=O) groups is 1. The summed E-state index contributed by atoms with van der Waals surface area (Å²) in [5.41, 5.74) is 3.30. The molecular weight excluding hydrogens is 272 g/mol. The van der Waals surface area contributed by atoms with Gasteiger partial charge in [-0.2, -0.15) is 0 Å². The Kier molecular flexibility index (Phi) is 5.78. The molecule has 0 saturated carbocycles. The van der Waals surface area contributed by atoms with E-state index in [1.165, 1.54) is 0 Å². The summed E-state index contributed by atoms with van der Waals surface area (Å²) in [6, 6.07) is 20.0. The fraction of sp³-hybridized carbons (Fsp3) is 0.211. The van der Waals surface area contributed by atoms with Crippen LogP contribution in [-0.4, -0.2) is 10.9 Å². The van der Waals surface area contributed by atoms with Crippen molar-refractivity contribution in [2.24, 2.45) is 0 Å². The molecule has 0 fully saturated rings. The number of hydrogen-bond donors (Lipinski definition) is 1. The molecular formula is C19H22N2O. The molecule has 0 aliphatic carbocycles. The molecule has 1 N–H and O–H groups in total. The van der Waals surface area contributed by atoms with Gasteiger partial charge in [0.15, 0.2) is 0 Å². The largest absolute Gasteiger partial charge is 0.321 e. The summed E-state index contributed by atoms with van der Waals surface area (Å²) < 4.78 is 0. The molecule has 0 bridgehead atoms. The number of amides is 2. The van der Waals surface area contributed by atoms with E-state index in [1.807, 2.05) is 79.4 Å². The second kappa shape index (κ2) is 8.03. The molecule has 22 heavy (non-hydrogen) atoms. The van der Waals surface area contributed by atoms with Crippen molar-refractivity contribution in [1.29, 1.82) is 0 Å². The van der Waals surface area contributed by atoms with Gasteiger partial charge in [0.1, 0.15) is 0 Å². The third kappa shape index (κ3) is 5.09. The molecule has 0 atom stereocenters. The third-order valence-corrected chi connectivity index (χ3v) is 3.20. The first-order valence-electron chi connectivity index (χ1n) is 7.42. The summed E-state index contributed by atoms with van der Waals surface area (Å²) in [7, 11) is 0. The van der Waals surface area contributed by atoms with Gasteiger partial charge in [-0.3, -0.25) is 0 Å². The Hall–Kier alpha value is -2.55. The summed E-state index contributed by atoms with van der Waals surface area (Å²) in [5, 5.41) is 2.85. The van der Waals surface area contributed by atoms with E-state index in [2.05, 4.69) is 5.32 Å². The predicted octanol–water partition coefficient (Wildman–Crippen LogP) is 4.32. The maximum absolute atomic E-state index is 12.4. The van der Waals surface area contributed by atoms with Crippen LogP contribution < -0.4 is 5.32 Å². The topological polar surface area (TPSA) is 32.3 Å². The number of carbonyl (C=O) groups excluding carboxylic acids is 1. The lowest BCUT2D eigenvalue weighted by molar-refractivity contribution is 0.196. The fourth-order valence-corrected chi connectivity index (χ4v) is 2.10. The minimum absolute atomic E-state index is 0.0890. The lowest BCUT2D eigenvalue weighted by Gasteiger charge is -2.22. The normalized spacial score (nSPS) is 9.91.